The average molecular weight is 180 g/mol. The molecule has 0 heterocycles. The minimum Gasteiger partial charge on any atom is -0.0985 e. The summed E-state index contributed by atoms with van der Waals surface area (Å²) in [6.45, 7) is 11.6. The van der Waals surface area contributed by atoms with Crippen LogP contribution in [0.3, 0.4) is 0 Å². The molecule has 0 fully saturated rings. The van der Waals surface area contributed by atoms with Crippen LogP contribution >= 0.6 is 0 Å². The Labute approximate surface area is 84.3 Å². The maximum absolute atomic E-state index is 3.63. The van der Waals surface area contributed by atoms with Gasteiger partial charge in [-0.05, 0) is 5.56 Å². The van der Waals surface area contributed by atoms with Gasteiger partial charge >= 0.3 is 0 Å². The van der Waals surface area contributed by atoms with Crippen molar-refractivity contribution in [1.29, 1.82) is 0 Å². The summed E-state index contributed by atoms with van der Waals surface area (Å²) < 4.78 is 0. The van der Waals surface area contributed by atoms with Crippen molar-refractivity contribution in [2.75, 3.05) is 0 Å². The van der Waals surface area contributed by atoms with Crippen LogP contribution in [0.2, 0.25) is 0 Å². The zero-order valence-corrected chi connectivity index (χ0v) is 8.67. The molecular formula is C13H24. The quantitative estimate of drug-likeness (QED) is 0.569. The fraction of sp³-hybridized carbons (Fsp3) is 0.385. The van der Waals surface area contributed by atoms with E-state index in [4.69, 9.17) is 0 Å². The lowest BCUT2D eigenvalue weighted by atomic mass is 10.2. The molecule has 0 nitrogen and oxygen atoms in total. The molecule has 0 unspecified atom stereocenters. The smallest absolute Gasteiger partial charge is 0.0263 e. The monoisotopic (exact) mass is 180 g/mol. The van der Waals surface area contributed by atoms with Gasteiger partial charge in [-0.3, -0.25) is 0 Å². The summed E-state index contributed by atoms with van der Waals surface area (Å²) in [7, 11) is 0. The van der Waals surface area contributed by atoms with Crippen LogP contribution in [0.25, 0.3) is 6.08 Å². The molecule has 1 rings (SSSR count). The first-order valence-corrected chi connectivity index (χ1v) is 4.61. The third-order valence-electron chi connectivity index (χ3n) is 1.04. The number of hydrogen-bond donors (Lipinski definition) is 0. The van der Waals surface area contributed by atoms with Crippen molar-refractivity contribution in [3.8, 4) is 0 Å². The highest BCUT2D eigenvalue weighted by Gasteiger charge is 1.75. The third-order valence-corrected chi connectivity index (χ3v) is 1.04. The van der Waals surface area contributed by atoms with Gasteiger partial charge in [0.15, 0.2) is 0 Å². The molecule has 0 aliphatic rings. The lowest BCUT2D eigenvalue weighted by molar-refractivity contribution is 1.50. The van der Waals surface area contributed by atoms with Gasteiger partial charge in [0.2, 0.25) is 0 Å². The highest BCUT2D eigenvalue weighted by molar-refractivity contribution is 5.45. The predicted octanol–water partition coefficient (Wildman–Crippen LogP) is 5.02. The maximum Gasteiger partial charge on any atom is -0.0263 e. The van der Waals surface area contributed by atoms with Gasteiger partial charge in [0.1, 0.15) is 0 Å². The minimum absolute atomic E-state index is 0. The lowest BCUT2D eigenvalue weighted by Crippen LogP contribution is -1.63. The van der Waals surface area contributed by atoms with Gasteiger partial charge < -0.3 is 0 Å². The Morgan fingerprint density at radius 3 is 1.54 bits per heavy atom. The van der Waals surface area contributed by atoms with E-state index in [2.05, 4.69) is 6.58 Å². The van der Waals surface area contributed by atoms with Crippen LogP contribution < -0.4 is 0 Å². The Bertz CT molecular complexity index is 163. The third kappa shape index (κ3) is 11.0. The first-order chi connectivity index (χ1) is 5.93. The van der Waals surface area contributed by atoms with Crippen LogP contribution in [-0.4, -0.2) is 0 Å². The van der Waals surface area contributed by atoms with Gasteiger partial charge in [0.25, 0.3) is 0 Å². The molecule has 0 aliphatic carbocycles. The molecule has 0 atom stereocenters. The van der Waals surface area contributed by atoms with Crippen LogP contribution in [0.5, 0.6) is 0 Å². The fourth-order valence-electron chi connectivity index (χ4n) is 0.589. The Hall–Kier alpha value is -1.04. The Morgan fingerprint density at radius 1 is 0.923 bits per heavy atom. The zero-order valence-electron chi connectivity index (χ0n) is 8.67. The van der Waals surface area contributed by atoms with Crippen molar-refractivity contribution < 1.29 is 0 Å². The van der Waals surface area contributed by atoms with Crippen LogP contribution in [0, 0.1) is 0 Å². The molecule has 0 aromatic heterocycles. The summed E-state index contributed by atoms with van der Waals surface area (Å²) >= 11 is 0. The molecule has 0 spiro atoms. The molecule has 0 radical (unpaired) electrons. The first-order valence-electron chi connectivity index (χ1n) is 4.61. The van der Waals surface area contributed by atoms with Gasteiger partial charge in [0.05, 0.1) is 0 Å². The Kier molecular flexibility index (Phi) is 23.6. The molecule has 0 amide bonds. The van der Waals surface area contributed by atoms with Gasteiger partial charge in [-0.15, -0.1) is 0 Å². The van der Waals surface area contributed by atoms with E-state index in [0.717, 1.165) is 0 Å². The number of rotatable bonds is 1. The largest absolute Gasteiger partial charge is 0.0985 e. The summed E-state index contributed by atoms with van der Waals surface area (Å²) in [4.78, 5) is 0. The molecule has 1 aromatic rings. The average Bonchev–Trinajstić information content (AvgIpc) is 2.25. The molecule has 0 aliphatic heterocycles. The van der Waals surface area contributed by atoms with E-state index in [-0.39, 0.29) is 7.43 Å². The highest BCUT2D eigenvalue weighted by atomic mass is 13.8. The number of hydrogen-bond acceptors (Lipinski definition) is 0. The highest BCUT2D eigenvalue weighted by Crippen LogP contribution is 1.97. The van der Waals surface area contributed by atoms with Crippen molar-refractivity contribution in [1.82, 2.24) is 0 Å². The van der Waals surface area contributed by atoms with E-state index in [9.17, 15) is 0 Å². The van der Waals surface area contributed by atoms with E-state index in [0.29, 0.717) is 0 Å². The van der Waals surface area contributed by atoms with E-state index in [1.165, 1.54) is 5.56 Å². The summed E-state index contributed by atoms with van der Waals surface area (Å²) in [5, 5.41) is 0. The van der Waals surface area contributed by atoms with Crippen LogP contribution in [-0.2, 0) is 0 Å². The van der Waals surface area contributed by atoms with Gasteiger partial charge in [-0.2, -0.15) is 0 Å². The Balaban J connectivity index is -0.000000178. The second-order valence-electron chi connectivity index (χ2n) is 1.61. The van der Waals surface area contributed by atoms with Crippen molar-refractivity contribution >= 4 is 6.08 Å². The van der Waals surface area contributed by atoms with Crippen LogP contribution in [0.4, 0.5) is 0 Å². The predicted molar refractivity (Wildman–Crippen MR) is 66.0 cm³/mol. The Morgan fingerprint density at radius 2 is 1.31 bits per heavy atom. The molecule has 1 aromatic carbocycles. The van der Waals surface area contributed by atoms with Gasteiger partial charge in [0, 0.05) is 0 Å². The van der Waals surface area contributed by atoms with Crippen molar-refractivity contribution in [3.63, 3.8) is 0 Å². The topological polar surface area (TPSA) is 0 Å². The molecule has 0 bridgehead atoms. The van der Waals surface area contributed by atoms with E-state index in [1.54, 1.807) is 0 Å². The zero-order chi connectivity index (χ0) is 9.82. The molecule has 0 N–H and O–H groups in total. The van der Waals surface area contributed by atoms with Crippen molar-refractivity contribution in [2.45, 2.75) is 35.1 Å². The SMILES string of the molecule is C.C=Cc1ccccc1.CC.CC. The summed E-state index contributed by atoms with van der Waals surface area (Å²) in [5.74, 6) is 0. The summed E-state index contributed by atoms with van der Waals surface area (Å²) in [6.07, 6.45) is 1.83. The molecule has 0 saturated carbocycles. The van der Waals surface area contributed by atoms with E-state index >= 15 is 0 Å². The molecule has 0 saturated heterocycles. The van der Waals surface area contributed by atoms with Crippen LogP contribution in [0.15, 0.2) is 36.9 Å². The molecule has 0 heteroatoms. The van der Waals surface area contributed by atoms with E-state index in [1.807, 2.05) is 64.1 Å². The standard InChI is InChI=1S/C8H8.2C2H6.CH4/c1-2-8-6-4-3-5-7-8;2*1-2;/h2-7H,1H2;2*1-2H3;1H4. The normalized spacial score (nSPS) is 6.15. The lowest BCUT2D eigenvalue weighted by Gasteiger charge is -1.85. The molecular weight excluding hydrogens is 156 g/mol. The molecule has 76 valence electrons. The number of benzene rings is 1. The summed E-state index contributed by atoms with van der Waals surface area (Å²) in [6, 6.07) is 10.0. The van der Waals surface area contributed by atoms with Gasteiger partial charge in [-0.1, -0.05) is 78.1 Å². The van der Waals surface area contributed by atoms with Gasteiger partial charge in [-0.25, -0.2) is 0 Å². The van der Waals surface area contributed by atoms with Crippen molar-refractivity contribution in [3.05, 3.63) is 42.5 Å². The summed E-state index contributed by atoms with van der Waals surface area (Å²) in [5.41, 5.74) is 1.17. The van der Waals surface area contributed by atoms with Crippen LogP contribution in [0.1, 0.15) is 40.7 Å². The van der Waals surface area contributed by atoms with E-state index < -0.39 is 0 Å². The second-order valence-corrected chi connectivity index (χ2v) is 1.61. The van der Waals surface area contributed by atoms with Crippen molar-refractivity contribution in [2.24, 2.45) is 0 Å². The first kappa shape index (κ1) is 17.9. The maximum atomic E-state index is 3.63. The fourth-order valence-corrected chi connectivity index (χ4v) is 0.589. The molecule has 13 heavy (non-hydrogen) atoms. The minimum atomic E-state index is 0. The second kappa shape index (κ2) is 17.2.